The highest BCUT2D eigenvalue weighted by atomic mass is 32.1. The second-order valence-electron chi connectivity index (χ2n) is 5.97. The highest BCUT2D eigenvalue weighted by Crippen LogP contribution is 2.29. The molecule has 0 fully saturated rings. The minimum atomic E-state index is -0.411. The zero-order chi connectivity index (χ0) is 17.1. The van der Waals surface area contributed by atoms with Crippen LogP contribution in [0, 0.1) is 5.92 Å². The molecule has 0 unspecified atom stereocenters. The summed E-state index contributed by atoms with van der Waals surface area (Å²) < 4.78 is 10.7. The van der Waals surface area contributed by atoms with Crippen LogP contribution in [0.2, 0.25) is 0 Å². The van der Waals surface area contributed by atoms with Gasteiger partial charge in [-0.15, -0.1) is 11.3 Å². The standard InChI is InChI=1S/C18H20N2O3S/c1-11(2)7-8-19-18-20-14(10-24-18)13-9-12-5-4-6-15(22-3)16(12)23-17(13)21/h4-6,9-11H,7-8H2,1-3H3,(H,19,20). The summed E-state index contributed by atoms with van der Waals surface area (Å²) in [6.45, 7) is 5.24. The molecule has 0 bridgehead atoms. The van der Waals surface area contributed by atoms with Gasteiger partial charge in [-0.05, 0) is 24.5 Å². The van der Waals surface area contributed by atoms with Crippen LogP contribution in [0.4, 0.5) is 5.13 Å². The second-order valence-corrected chi connectivity index (χ2v) is 6.83. The largest absolute Gasteiger partial charge is 0.493 e. The van der Waals surface area contributed by atoms with Gasteiger partial charge in [0.1, 0.15) is 0 Å². The number of rotatable bonds is 6. The van der Waals surface area contributed by atoms with Gasteiger partial charge in [-0.3, -0.25) is 0 Å². The van der Waals surface area contributed by atoms with Crippen LogP contribution in [0.3, 0.4) is 0 Å². The van der Waals surface area contributed by atoms with Crippen LogP contribution in [0.25, 0.3) is 22.2 Å². The van der Waals surface area contributed by atoms with Gasteiger partial charge in [0.05, 0.1) is 18.4 Å². The third-order valence-corrected chi connectivity index (χ3v) is 4.52. The zero-order valence-corrected chi connectivity index (χ0v) is 14.8. The predicted octanol–water partition coefficient (Wildman–Crippen LogP) is 4.38. The van der Waals surface area contributed by atoms with Gasteiger partial charge in [0.25, 0.3) is 0 Å². The summed E-state index contributed by atoms with van der Waals surface area (Å²) in [6.07, 6.45) is 1.08. The van der Waals surface area contributed by atoms with Gasteiger partial charge < -0.3 is 14.5 Å². The lowest BCUT2D eigenvalue weighted by atomic mass is 10.1. The summed E-state index contributed by atoms with van der Waals surface area (Å²) >= 11 is 1.49. The van der Waals surface area contributed by atoms with Crippen molar-refractivity contribution < 1.29 is 9.15 Å². The van der Waals surface area contributed by atoms with Crippen molar-refractivity contribution in [3.05, 3.63) is 40.1 Å². The maximum absolute atomic E-state index is 12.3. The number of benzene rings is 1. The molecule has 0 atom stereocenters. The molecule has 24 heavy (non-hydrogen) atoms. The van der Waals surface area contributed by atoms with Crippen LogP contribution in [0.15, 0.2) is 38.9 Å². The van der Waals surface area contributed by atoms with Gasteiger partial charge in [-0.2, -0.15) is 0 Å². The summed E-state index contributed by atoms with van der Waals surface area (Å²) in [5.74, 6) is 1.19. The summed E-state index contributed by atoms with van der Waals surface area (Å²) in [5.41, 5.74) is 1.14. The van der Waals surface area contributed by atoms with E-state index in [0.717, 1.165) is 23.5 Å². The number of aromatic nitrogens is 1. The van der Waals surface area contributed by atoms with Crippen LogP contribution in [0.1, 0.15) is 20.3 Å². The molecule has 0 aliphatic heterocycles. The smallest absolute Gasteiger partial charge is 0.345 e. The minimum Gasteiger partial charge on any atom is -0.493 e. The zero-order valence-electron chi connectivity index (χ0n) is 14.0. The third kappa shape index (κ3) is 3.43. The molecule has 1 N–H and O–H groups in total. The minimum absolute atomic E-state index is 0.411. The number of fused-ring (bicyclic) bond motifs is 1. The van der Waals surface area contributed by atoms with Crippen molar-refractivity contribution in [3.8, 4) is 17.0 Å². The molecule has 0 spiro atoms. The number of thiazole rings is 1. The molecule has 6 heteroatoms. The molecule has 0 aliphatic rings. The molecule has 2 aromatic heterocycles. The SMILES string of the molecule is COc1cccc2cc(-c3csc(NCCC(C)C)n3)c(=O)oc12. The number of anilines is 1. The first-order chi connectivity index (χ1) is 11.6. The van der Waals surface area contributed by atoms with E-state index >= 15 is 0 Å². The molecule has 2 heterocycles. The van der Waals surface area contributed by atoms with E-state index in [9.17, 15) is 4.79 Å². The molecule has 0 saturated heterocycles. The Morgan fingerprint density at radius 2 is 2.21 bits per heavy atom. The first-order valence-electron chi connectivity index (χ1n) is 7.89. The summed E-state index contributed by atoms with van der Waals surface area (Å²) in [5, 5.41) is 6.79. The van der Waals surface area contributed by atoms with Crippen molar-refractivity contribution in [1.82, 2.24) is 4.98 Å². The van der Waals surface area contributed by atoms with E-state index in [2.05, 4.69) is 24.1 Å². The molecule has 0 saturated carbocycles. The number of methoxy groups -OCH3 is 1. The maximum Gasteiger partial charge on any atom is 0.345 e. The summed E-state index contributed by atoms with van der Waals surface area (Å²) in [7, 11) is 1.55. The average Bonchev–Trinajstić information content (AvgIpc) is 3.02. The number of ether oxygens (including phenoxy) is 1. The lowest BCUT2D eigenvalue weighted by Crippen LogP contribution is -2.05. The van der Waals surface area contributed by atoms with E-state index in [1.165, 1.54) is 11.3 Å². The fourth-order valence-electron chi connectivity index (χ4n) is 2.40. The monoisotopic (exact) mass is 344 g/mol. The van der Waals surface area contributed by atoms with Crippen molar-refractivity contribution >= 4 is 27.4 Å². The molecule has 3 rings (SSSR count). The molecule has 3 aromatic rings. The molecule has 1 aromatic carbocycles. The topological polar surface area (TPSA) is 64.4 Å². The molecular formula is C18H20N2O3S. The van der Waals surface area contributed by atoms with Crippen molar-refractivity contribution in [1.29, 1.82) is 0 Å². The Morgan fingerprint density at radius 1 is 1.38 bits per heavy atom. The van der Waals surface area contributed by atoms with Gasteiger partial charge in [-0.25, -0.2) is 9.78 Å². The summed E-state index contributed by atoms with van der Waals surface area (Å²) in [6, 6.07) is 7.32. The molecule has 5 nitrogen and oxygen atoms in total. The Morgan fingerprint density at radius 3 is 2.96 bits per heavy atom. The van der Waals surface area contributed by atoms with Gasteiger partial charge in [0, 0.05) is 17.3 Å². The number of hydrogen-bond donors (Lipinski definition) is 1. The van der Waals surface area contributed by atoms with Crippen LogP contribution in [0.5, 0.6) is 5.75 Å². The predicted molar refractivity (Wildman–Crippen MR) is 98.1 cm³/mol. The van der Waals surface area contributed by atoms with Gasteiger partial charge in [-0.1, -0.05) is 26.0 Å². The van der Waals surface area contributed by atoms with Crippen LogP contribution < -0.4 is 15.7 Å². The van der Waals surface area contributed by atoms with Crippen LogP contribution >= 0.6 is 11.3 Å². The first kappa shape index (κ1) is 16.5. The van der Waals surface area contributed by atoms with E-state index < -0.39 is 5.63 Å². The van der Waals surface area contributed by atoms with Crippen molar-refractivity contribution in [3.63, 3.8) is 0 Å². The van der Waals surface area contributed by atoms with E-state index in [1.807, 2.05) is 17.5 Å². The quantitative estimate of drug-likeness (QED) is 0.672. The fraction of sp³-hybridized carbons (Fsp3) is 0.333. The molecule has 126 valence electrons. The number of nitrogens with zero attached hydrogens (tertiary/aromatic N) is 1. The maximum atomic E-state index is 12.3. The normalized spacial score (nSPS) is 11.2. The Balaban J connectivity index is 1.91. The summed E-state index contributed by atoms with van der Waals surface area (Å²) in [4.78, 5) is 16.8. The number of para-hydroxylation sites is 1. The Labute approximate surface area is 144 Å². The average molecular weight is 344 g/mol. The lowest BCUT2D eigenvalue weighted by molar-refractivity contribution is 0.407. The second kappa shape index (κ2) is 7.05. The van der Waals surface area contributed by atoms with Crippen molar-refractivity contribution in [2.24, 2.45) is 5.92 Å². The van der Waals surface area contributed by atoms with Crippen LogP contribution in [-0.2, 0) is 0 Å². The van der Waals surface area contributed by atoms with Crippen molar-refractivity contribution in [2.75, 3.05) is 19.0 Å². The van der Waals surface area contributed by atoms with E-state index in [4.69, 9.17) is 9.15 Å². The molecule has 0 amide bonds. The van der Waals surface area contributed by atoms with E-state index in [0.29, 0.717) is 28.5 Å². The van der Waals surface area contributed by atoms with Crippen LogP contribution in [-0.4, -0.2) is 18.6 Å². The third-order valence-electron chi connectivity index (χ3n) is 3.72. The lowest BCUT2D eigenvalue weighted by Gasteiger charge is -2.05. The fourth-order valence-corrected chi connectivity index (χ4v) is 3.14. The number of hydrogen-bond acceptors (Lipinski definition) is 6. The highest BCUT2D eigenvalue weighted by Gasteiger charge is 2.13. The Hall–Kier alpha value is -2.34. The van der Waals surface area contributed by atoms with Gasteiger partial charge in [0.15, 0.2) is 16.5 Å². The Bertz CT molecular complexity index is 899. The molecule has 0 radical (unpaired) electrons. The number of nitrogens with one attached hydrogen (secondary N) is 1. The first-order valence-corrected chi connectivity index (χ1v) is 8.77. The van der Waals surface area contributed by atoms with Gasteiger partial charge in [0.2, 0.25) is 0 Å². The highest BCUT2D eigenvalue weighted by molar-refractivity contribution is 7.14. The molecular weight excluding hydrogens is 324 g/mol. The van der Waals surface area contributed by atoms with E-state index in [-0.39, 0.29) is 0 Å². The van der Waals surface area contributed by atoms with E-state index in [1.54, 1.807) is 19.2 Å². The Kier molecular flexibility index (Phi) is 4.85. The van der Waals surface area contributed by atoms with Crippen molar-refractivity contribution in [2.45, 2.75) is 20.3 Å². The molecule has 0 aliphatic carbocycles. The van der Waals surface area contributed by atoms with Gasteiger partial charge >= 0.3 is 5.63 Å².